The number of nitrogens with one attached hydrogen (secondary N) is 2. The summed E-state index contributed by atoms with van der Waals surface area (Å²) in [6, 6.07) is 2.82. The van der Waals surface area contributed by atoms with Crippen molar-refractivity contribution in [2.75, 3.05) is 5.32 Å². The average molecular weight is 303 g/mol. The number of benzene rings is 1. The lowest BCUT2D eigenvalue weighted by molar-refractivity contribution is -0.143. The molecule has 1 unspecified atom stereocenters. The van der Waals surface area contributed by atoms with E-state index in [0.717, 1.165) is 12.1 Å². The molecule has 110 valence electrons. The fraction of sp³-hybridized carbons (Fsp3) is 0.385. The van der Waals surface area contributed by atoms with Crippen LogP contribution in [-0.2, 0) is 4.79 Å². The van der Waals surface area contributed by atoms with Crippen molar-refractivity contribution < 1.29 is 19.1 Å². The summed E-state index contributed by atoms with van der Waals surface area (Å²) in [5.41, 5.74) is -1.23. The zero-order chi connectivity index (χ0) is 15.3. The lowest BCUT2D eigenvalue weighted by atomic mass is 9.97. The van der Waals surface area contributed by atoms with Gasteiger partial charge in [0.05, 0.1) is 0 Å². The summed E-state index contributed by atoms with van der Waals surface area (Å²) in [5, 5.41) is 14.0. The monoisotopic (exact) mass is 302 g/mol. The third kappa shape index (κ3) is 4.38. The molecule has 1 atom stereocenters. The molecule has 1 rings (SSSR count). The molecule has 5 nitrogen and oxygen atoms in total. The van der Waals surface area contributed by atoms with Crippen LogP contribution >= 0.6 is 11.6 Å². The molecule has 0 aliphatic heterocycles. The molecule has 0 heterocycles. The molecule has 1 aromatic rings. The van der Waals surface area contributed by atoms with Crippen LogP contribution in [-0.4, -0.2) is 22.6 Å². The second kappa shape index (κ2) is 6.56. The second-order valence-corrected chi connectivity index (χ2v) is 5.06. The molecule has 20 heavy (non-hydrogen) atoms. The van der Waals surface area contributed by atoms with Crippen molar-refractivity contribution in [1.82, 2.24) is 5.32 Å². The highest BCUT2D eigenvalue weighted by Gasteiger charge is 2.33. The van der Waals surface area contributed by atoms with Crippen LogP contribution in [0.25, 0.3) is 0 Å². The molecule has 3 N–H and O–H groups in total. The van der Waals surface area contributed by atoms with Gasteiger partial charge in [0.2, 0.25) is 0 Å². The molecule has 0 bridgehead atoms. The summed E-state index contributed by atoms with van der Waals surface area (Å²) in [6.07, 6.45) is 0.870. The number of hydrogen-bond acceptors (Lipinski definition) is 2. The van der Waals surface area contributed by atoms with E-state index in [9.17, 15) is 14.0 Å². The number of halogens is 2. The van der Waals surface area contributed by atoms with E-state index in [2.05, 4.69) is 10.6 Å². The average Bonchev–Trinajstić information content (AvgIpc) is 2.26. The molecule has 0 spiro atoms. The number of amides is 2. The number of carbonyl (C=O) groups is 2. The molecule has 0 fully saturated rings. The minimum absolute atomic E-state index is 0.134. The highest BCUT2D eigenvalue weighted by atomic mass is 35.5. The SMILES string of the molecule is CCCC(C)(NC(=O)Nc1cc(F)cc(Cl)c1)C(=O)O. The Kier molecular flexibility index (Phi) is 5.33. The van der Waals surface area contributed by atoms with Crippen molar-refractivity contribution in [3.63, 3.8) is 0 Å². The lowest BCUT2D eigenvalue weighted by Crippen LogP contribution is -2.53. The minimum Gasteiger partial charge on any atom is -0.480 e. The van der Waals surface area contributed by atoms with Crippen molar-refractivity contribution in [2.24, 2.45) is 0 Å². The van der Waals surface area contributed by atoms with Crippen molar-refractivity contribution >= 4 is 29.3 Å². The molecule has 1 aromatic carbocycles. The highest BCUT2D eigenvalue weighted by Crippen LogP contribution is 2.18. The second-order valence-electron chi connectivity index (χ2n) is 4.62. The van der Waals surface area contributed by atoms with Crippen molar-refractivity contribution in [3.05, 3.63) is 29.0 Å². The predicted octanol–water partition coefficient (Wildman–Crippen LogP) is 3.24. The van der Waals surface area contributed by atoms with Gasteiger partial charge in [-0.2, -0.15) is 0 Å². The summed E-state index contributed by atoms with van der Waals surface area (Å²) < 4.78 is 13.1. The Hall–Kier alpha value is -1.82. The van der Waals surface area contributed by atoms with Gasteiger partial charge in [-0.15, -0.1) is 0 Å². The van der Waals surface area contributed by atoms with Crippen LogP contribution < -0.4 is 10.6 Å². The largest absolute Gasteiger partial charge is 0.480 e. The van der Waals surface area contributed by atoms with Gasteiger partial charge in [-0.1, -0.05) is 24.9 Å². The van der Waals surface area contributed by atoms with E-state index in [0.29, 0.717) is 6.42 Å². The van der Waals surface area contributed by atoms with E-state index in [1.165, 1.54) is 13.0 Å². The molecule has 0 aliphatic rings. The Labute approximate surface area is 121 Å². The zero-order valence-electron chi connectivity index (χ0n) is 11.2. The summed E-state index contributed by atoms with van der Waals surface area (Å²) in [7, 11) is 0. The highest BCUT2D eigenvalue weighted by molar-refractivity contribution is 6.30. The number of carboxylic acid groups (broad SMARTS) is 1. The smallest absolute Gasteiger partial charge is 0.329 e. The Morgan fingerprint density at radius 3 is 2.55 bits per heavy atom. The maximum absolute atomic E-state index is 13.1. The van der Waals surface area contributed by atoms with E-state index in [4.69, 9.17) is 16.7 Å². The van der Waals surface area contributed by atoms with Gasteiger partial charge in [-0.05, 0) is 31.5 Å². The summed E-state index contributed by atoms with van der Waals surface area (Å²) in [4.78, 5) is 23.0. The van der Waals surface area contributed by atoms with E-state index >= 15 is 0 Å². The number of rotatable bonds is 5. The molecular weight excluding hydrogens is 287 g/mol. The van der Waals surface area contributed by atoms with Crippen molar-refractivity contribution in [2.45, 2.75) is 32.2 Å². The maximum atomic E-state index is 13.1. The maximum Gasteiger partial charge on any atom is 0.329 e. The number of carboxylic acids is 1. The summed E-state index contributed by atoms with van der Waals surface area (Å²) >= 11 is 5.66. The molecule has 0 aromatic heterocycles. The molecule has 0 aliphatic carbocycles. The fourth-order valence-corrected chi connectivity index (χ4v) is 1.98. The van der Waals surface area contributed by atoms with Gasteiger partial charge in [0.1, 0.15) is 11.4 Å². The topological polar surface area (TPSA) is 78.4 Å². The Morgan fingerprint density at radius 2 is 2.05 bits per heavy atom. The van der Waals surface area contributed by atoms with E-state index in [1.54, 1.807) is 0 Å². The minimum atomic E-state index is -1.38. The van der Waals surface area contributed by atoms with Crippen molar-refractivity contribution in [3.8, 4) is 0 Å². The molecule has 0 radical (unpaired) electrons. The number of carbonyl (C=O) groups excluding carboxylic acids is 1. The van der Waals surface area contributed by atoms with Gasteiger partial charge in [0.15, 0.2) is 0 Å². The van der Waals surface area contributed by atoms with Crippen LogP contribution in [0.3, 0.4) is 0 Å². The first-order valence-corrected chi connectivity index (χ1v) is 6.43. The van der Waals surface area contributed by atoms with E-state index in [-0.39, 0.29) is 17.1 Å². The van der Waals surface area contributed by atoms with Gasteiger partial charge in [0, 0.05) is 10.7 Å². The summed E-state index contributed by atoms with van der Waals surface area (Å²) in [6.45, 7) is 3.23. The van der Waals surface area contributed by atoms with Gasteiger partial charge in [0.25, 0.3) is 0 Å². The zero-order valence-corrected chi connectivity index (χ0v) is 11.9. The molecule has 0 saturated heterocycles. The molecular formula is C13H16ClFN2O3. The van der Waals surface area contributed by atoms with Crippen LogP contribution in [0.2, 0.25) is 5.02 Å². The number of hydrogen-bond donors (Lipinski definition) is 3. The van der Waals surface area contributed by atoms with Crippen LogP contribution in [0.4, 0.5) is 14.9 Å². The first-order chi connectivity index (χ1) is 9.26. The van der Waals surface area contributed by atoms with Gasteiger partial charge in [-0.25, -0.2) is 14.0 Å². The Bertz CT molecular complexity index is 504. The Morgan fingerprint density at radius 1 is 1.40 bits per heavy atom. The number of urea groups is 1. The van der Waals surface area contributed by atoms with Gasteiger partial charge >= 0.3 is 12.0 Å². The molecule has 0 saturated carbocycles. The quantitative estimate of drug-likeness (QED) is 0.781. The van der Waals surface area contributed by atoms with Crippen LogP contribution in [0.5, 0.6) is 0 Å². The third-order valence-electron chi connectivity index (χ3n) is 2.73. The van der Waals surface area contributed by atoms with Crippen LogP contribution in [0, 0.1) is 5.82 Å². The van der Waals surface area contributed by atoms with E-state index in [1.807, 2.05) is 6.92 Å². The normalized spacial score (nSPS) is 13.4. The standard InChI is InChI=1S/C13H16ClFN2O3/c1-3-4-13(2,11(18)19)17-12(20)16-10-6-8(14)5-9(15)7-10/h5-7H,3-4H2,1-2H3,(H,18,19)(H2,16,17,20). The first-order valence-electron chi connectivity index (χ1n) is 6.05. The fourth-order valence-electron chi connectivity index (χ4n) is 1.76. The lowest BCUT2D eigenvalue weighted by Gasteiger charge is -2.25. The van der Waals surface area contributed by atoms with Gasteiger partial charge < -0.3 is 15.7 Å². The number of anilines is 1. The third-order valence-corrected chi connectivity index (χ3v) is 2.95. The molecule has 7 heteroatoms. The van der Waals surface area contributed by atoms with Crippen LogP contribution in [0.1, 0.15) is 26.7 Å². The van der Waals surface area contributed by atoms with Crippen LogP contribution in [0.15, 0.2) is 18.2 Å². The van der Waals surface area contributed by atoms with E-state index < -0.39 is 23.4 Å². The summed E-state index contributed by atoms with van der Waals surface area (Å²) in [5.74, 6) is -1.73. The van der Waals surface area contributed by atoms with Gasteiger partial charge in [-0.3, -0.25) is 0 Å². The first kappa shape index (κ1) is 16.2. The Balaban J connectivity index is 2.78. The molecule has 2 amide bonds. The van der Waals surface area contributed by atoms with Crippen molar-refractivity contribution in [1.29, 1.82) is 0 Å². The predicted molar refractivity (Wildman–Crippen MR) is 74.5 cm³/mol. The number of aliphatic carboxylic acids is 1.